The van der Waals surface area contributed by atoms with Gasteiger partial charge in [-0.3, -0.25) is 4.79 Å². The SMILES string of the molecule is C/C=C\CCCCCCCCC/C=C\CCCCOC(C)=O. The van der Waals surface area contributed by atoms with Crippen LogP contribution >= 0.6 is 0 Å². The molecule has 0 bridgehead atoms. The number of carbonyl (C=O) groups is 1. The van der Waals surface area contributed by atoms with Crippen LogP contribution in [0.4, 0.5) is 0 Å². The van der Waals surface area contributed by atoms with Crippen LogP contribution in [0, 0.1) is 0 Å². The Kier molecular flexibility index (Phi) is 17.1. The first-order valence-electron chi connectivity index (χ1n) is 9.17. The average molecular weight is 309 g/mol. The van der Waals surface area contributed by atoms with Gasteiger partial charge in [-0.05, 0) is 51.9 Å². The van der Waals surface area contributed by atoms with Crippen LogP contribution in [0.1, 0.15) is 90.9 Å². The monoisotopic (exact) mass is 308 g/mol. The minimum Gasteiger partial charge on any atom is -0.466 e. The van der Waals surface area contributed by atoms with Crippen LogP contribution in [0.3, 0.4) is 0 Å². The Hall–Kier alpha value is -1.05. The number of allylic oxidation sites excluding steroid dienone is 4. The highest BCUT2D eigenvalue weighted by atomic mass is 16.5. The van der Waals surface area contributed by atoms with Crippen LogP contribution in [-0.4, -0.2) is 12.6 Å². The second kappa shape index (κ2) is 18.0. The highest BCUT2D eigenvalue weighted by molar-refractivity contribution is 5.65. The predicted octanol–water partition coefficient (Wildman–Crippen LogP) is 6.36. The molecule has 0 N–H and O–H groups in total. The van der Waals surface area contributed by atoms with Crippen molar-refractivity contribution >= 4 is 5.97 Å². The van der Waals surface area contributed by atoms with Crippen LogP contribution < -0.4 is 0 Å². The van der Waals surface area contributed by atoms with Gasteiger partial charge in [-0.1, -0.05) is 56.4 Å². The van der Waals surface area contributed by atoms with Crippen LogP contribution in [-0.2, 0) is 9.53 Å². The first-order chi connectivity index (χ1) is 10.8. The molecule has 22 heavy (non-hydrogen) atoms. The summed E-state index contributed by atoms with van der Waals surface area (Å²) in [6.45, 7) is 4.12. The molecule has 0 unspecified atom stereocenters. The zero-order valence-electron chi connectivity index (χ0n) is 14.8. The third kappa shape index (κ3) is 18.9. The Bertz CT molecular complexity index is 292. The highest BCUT2D eigenvalue weighted by Gasteiger charge is 1.92. The molecule has 0 aromatic heterocycles. The number of rotatable bonds is 15. The molecular formula is C20H36O2. The number of ether oxygens (including phenoxy) is 1. The van der Waals surface area contributed by atoms with Crippen molar-refractivity contribution in [2.24, 2.45) is 0 Å². The van der Waals surface area contributed by atoms with E-state index in [0.29, 0.717) is 6.61 Å². The maximum Gasteiger partial charge on any atom is 0.302 e. The maximum atomic E-state index is 10.6. The molecule has 0 aromatic carbocycles. The Morgan fingerprint density at radius 1 is 0.727 bits per heavy atom. The van der Waals surface area contributed by atoms with Gasteiger partial charge in [0.2, 0.25) is 0 Å². The molecule has 0 saturated heterocycles. The van der Waals surface area contributed by atoms with E-state index < -0.39 is 0 Å². The molecule has 0 aliphatic rings. The fourth-order valence-corrected chi connectivity index (χ4v) is 2.39. The largest absolute Gasteiger partial charge is 0.466 e. The Balaban J connectivity index is 3.09. The summed E-state index contributed by atoms with van der Waals surface area (Å²) in [6.07, 6.45) is 24.3. The van der Waals surface area contributed by atoms with Crippen molar-refractivity contribution in [3.05, 3.63) is 24.3 Å². The van der Waals surface area contributed by atoms with Gasteiger partial charge in [0.1, 0.15) is 0 Å². The summed E-state index contributed by atoms with van der Waals surface area (Å²) in [5.74, 6) is -0.173. The molecule has 2 nitrogen and oxygen atoms in total. The Morgan fingerprint density at radius 3 is 1.68 bits per heavy atom. The van der Waals surface area contributed by atoms with Gasteiger partial charge in [0.05, 0.1) is 6.61 Å². The van der Waals surface area contributed by atoms with Crippen LogP contribution in [0.15, 0.2) is 24.3 Å². The zero-order chi connectivity index (χ0) is 16.3. The fourth-order valence-electron chi connectivity index (χ4n) is 2.39. The topological polar surface area (TPSA) is 26.3 Å². The van der Waals surface area contributed by atoms with Crippen molar-refractivity contribution in [2.45, 2.75) is 90.9 Å². The van der Waals surface area contributed by atoms with E-state index in [0.717, 1.165) is 19.3 Å². The quantitative estimate of drug-likeness (QED) is 0.200. The molecule has 0 heterocycles. The fraction of sp³-hybridized carbons (Fsp3) is 0.750. The lowest BCUT2D eigenvalue weighted by atomic mass is 10.1. The van der Waals surface area contributed by atoms with Crippen molar-refractivity contribution < 1.29 is 9.53 Å². The van der Waals surface area contributed by atoms with Crippen LogP contribution in [0.2, 0.25) is 0 Å². The van der Waals surface area contributed by atoms with Gasteiger partial charge < -0.3 is 4.74 Å². The van der Waals surface area contributed by atoms with E-state index in [1.807, 2.05) is 0 Å². The van der Waals surface area contributed by atoms with Gasteiger partial charge >= 0.3 is 5.97 Å². The molecule has 0 aliphatic carbocycles. The summed E-state index contributed by atoms with van der Waals surface area (Å²) in [5.41, 5.74) is 0. The van der Waals surface area contributed by atoms with Gasteiger partial charge in [0.25, 0.3) is 0 Å². The summed E-state index contributed by atoms with van der Waals surface area (Å²) in [4.78, 5) is 10.6. The molecule has 0 aliphatic heterocycles. The first kappa shape index (κ1) is 20.9. The molecular weight excluding hydrogens is 272 g/mol. The van der Waals surface area contributed by atoms with Gasteiger partial charge in [-0.25, -0.2) is 0 Å². The molecule has 0 atom stereocenters. The average Bonchev–Trinajstić information content (AvgIpc) is 2.50. The third-order valence-electron chi connectivity index (χ3n) is 3.71. The lowest BCUT2D eigenvalue weighted by molar-refractivity contribution is -0.141. The smallest absolute Gasteiger partial charge is 0.302 e. The zero-order valence-corrected chi connectivity index (χ0v) is 14.8. The second-order valence-electron chi connectivity index (χ2n) is 5.93. The van der Waals surface area contributed by atoms with Crippen molar-refractivity contribution in [1.29, 1.82) is 0 Å². The van der Waals surface area contributed by atoms with Gasteiger partial charge in [0.15, 0.2) is 0 Å². The van der Waals surface area contributed by atoms with E-state index >= 15 is 0 Å². The van der Waals surface area contributed by atoms with E-state index in [-0.39, 0.29) is 5.97 Å². The Labute approximate surface area is 138 Å². The molecule has 0 fully saturated rings. The van der Waals surface area contributed by atoms with Crippen molar-refractivity contribution in [1.82, 2.24) is 0 Å². The summed E-state index contributed by atoms with van der Waals surface area (Å²) in [6, 6.07) is 0. The molecule has 0 spiro atoms. The van der Waals surface area contributed by atoms with Crippen LogP contribution in [0.5, 0.6) is 0 Å². The van der Waals surface area contributed by atoms with Crippen molar-refractivity contribution in [3.63, 3.8) is 0 Å². The first-order valence-corrected chi connectivity index (χ1v) is 9.17. The summed E-state index contributed by atoms with van der Waals surface area (Å²) in [7, 11) is 0. The van der Waals surface area contributed by atoms with E-state index in [2.05, 4.69) is 31.2 Å². The van der Waals surface area contributed by atoms with Gasteiger partial charge in [0, 0.05) is 6.92 Å². The number of hydrogen-bond acceptors (Lipinski definition) is 2. The van der Waals surface area contributed by atoms with E-state index in [9.17, 15) is 4.79 Å². The highest BCUT2D eigenvalue weighted by Crippen LogP contribution is 2.10. The minimum atomic E-state index is -0.173. The minimum absolute atomic E-state index is 0.173. The van der Waals surface area contributed by atoms with Crippen molar-refractivity contribution in [2.75, 3.05) is 6.61 Å². The lowest BCUT2D eigenvalue weighted by Crippen LogP contribution is -1.99. The maximum absolute atomic E-state index is 10.6. The molecule has 0 rings (SSSR count). The number of hydrogen-bond donors (Lipinski definition) is 0. The van der Waals surface area contributed by atoms with Crippen LogP contribution in [0.25, 0.3) is 0 Å². The van der Waals surface area contributed by atoms with Crippen molar-refractivity contribution in [3.8, 4) is 0 Å². The predicted molar refractivity (Wildman–Crippen MR) is 96.0 cm³/mol. The second-order valence-corrected chi connectivity index (χ2v) is 5.93. The number of unbranched alkanes of at least 4 members (excludes halogenated alkanes) is 10. The van der Waals surface area contributed by atoms with E-state index in [1.165, 1.54) is 64.7 Å². The molecule has 0 saturated carbocycles. The summed E-state index contributed by atoms with van der Waals surface area (Å²) < 4.78 is 4.89. The molecule has 0 aromatic rings. The number of carbonyl (C=O) groups excluding carboxylic acids is 1. The molecule has 2 heteroatoms. The summed E-state index contributed by atoms with van der Waals surface area (Å²) in [5, 5.41) is 0. The molecule has 128 valence electrons. The lowest BCUT2D eigenvalue weighted by Gasteiger charge is -2.00. The molecule has 0 radical (unpaired) electrons. The summed E-state index contributed by atoms with van der Waals surface area (Å²) >= 11 is 0. The van der Waals surface area contributed by atoms with E-state index in [1.54, 1.807) is 0 Å². The third-order valence-corrected chi connectivity index (χ3v) is 3.71. The Morgan fingerprint density at radius 2 is 1.18 bits per heavy atom. The normalized spacial score (nSPS) is 11.5. The van der Waals surface area contributed by atoms with E-state index in [4.69, 9.17) is 4.74 Å². The van der Waals surface area contributed by atoms with Gasteiger partial charge in [-0.15, -0.1) is 0 Å². The number of esters is 1. The molecule has 0 amide bonds. The van der Waals surface area contributed by atoms with Gasteiger partial charge in [-0.2, -0.15) is 0 Å². The standard InChI is InChI=1S/C20H36O2/c1-3-4-5-6-7-8-9-10-11-12-13-14-15-16-17-18-19-22-20(2)21/h3-4,14-15H,5-13,16-19H2,1-2H3/b4-3-,15-14-.